The molecular weight excluding hydrogens is 817 g/mol. The van der Waals surface area contributed by atoms with Crippen LogP contribution in [0.4, 0.5) is 0 Å². The molecule has 0 bridgehead atoms. The molecule has 0 heterocycles. The van der Waals surface area contributed by atoms with Crippen LogP contribution in [0.3, 0.4) is 0 Å². The molecule has 0 atom stereocenters. The van der Waals surface area contributed by atoms with Gasteiger partial charge in [-0.2, -0.15) is 0 Å². The van der Waals surface area contributed by atoms with Gasteiger partial charge in [0.25, 0.3) is 0 Å². The Labute approximate surface area is 394 Å². The Morgan fingerprint density at radius 1 is 0.162 bits per heavy atom. The molecular formula is C68H42. The van der Waals surface area contributed by atoms with E-state index in [-0.39, 0.29) is 0 Å². The summed E-state index contributed by atoms with van der Waals surface area (Å²) in [5, 5.41) is 20.0. The van der Waals surface area contributed by atoms with E-state index in [4.69, 9.17) is 0 Å². The number of benzene rings is 14. The number of rotatable bonds is 5. The monoisotopic (exact) mass is 858 g/mol. The van der Waals surface area contributed by atoms with Crippen molar-refractivity contribution < 1.29 is 0 Å². The minimum absolute atomic E-state index is 1.22. The van der Waals surface area contributed by atoms with Crippen molar-refractivity contribution in [1.82, 2.24) is 0 Å². The fourth-order valence-electron chi connectivity index (χ4n) is 11.7. The van der Waals surface area contributed by atoms with E-state index in [1.165, 1.54) is 142 Å². The Bertz CT molecular complexity index is 4250. The highest BCUT2D eigenvalue weighted by molar-refractivity contribution is 6.32. The van der Waals surface area contributed by atoms with Gasteiger partial charge in [-0.1, -0.05) is 237 Å². The summed E-state index contributed by atoms with van der Waals surface area (Å²) in [6.07, 6.45) is 0. The first-order valence-corrected chi connectivity index (χ1v) is 23.7. The highest BCUT2D eigenvalue weighted by atomic mass is 14.3. The van der Waals surface area contributed by atoms with Crippen LogP contribution in [0.15, 0.2) is 255 Å². The lowest BCUT2D eigenvalue weighted by Crippen LogP contribution is -1.95. The molecule has 0 saturated heterocycles. The minimum atomic E-state index is 1.22. The first-order chi connectivity index (χ1) is 33.8. The molecule has 0 saturated carbocycles. The summed E-state index contributed by atoms with van der Waals surface area (Å²) < 4.78 is 0. The Balaban J connectivity index is 1.08. The molecule has 0 nitrogen and oxygen atoms in total. The van der Waals surface area contributed by atoms with Crippen molar-refractivity contribution in [3.05, 3.63) is 255 Å². The summed E-state index contributed by atoms with van der Waals surface area (Å²) in [5.74, 6) is 0. The molecule has 0 radical (unpaired) electrons. The fourth-order valence-corrected chi connectivity index (χ4v) is 11.7. The van der Waals surface area contributed by atoms with Crippen LogP contribution >= 0.6 is 0 Å². The van der Waals surface area contributed by atoms with Gasteiger partial charge in [0.1, 0.15) is 0 Å². The van der Waals surface area contributed by atoms with Crippen molar-refractivity contribution in [3.63, 3.8) is 0 Å². The van der Waals surface area contributed by atoms with Crippen molar-refractivity contribution in [2.45, 2.75) is 0 Å². The van der Waals surface area contributed by atoms with Gasteiger partial charge >= 0.3 is 0 Å². The van der Waals surface area contributed by atoms with Crippen molar-refractivity contribution in [1.29, 1.82) is 0 Å². The highest BCUT2D eigenvalue weighted by Crippen LogP contribution is 2.51. The molecule has 0 unspecified atom stereocenters. The van der Waals surface area contributed by atoms with E-state index in [1.54, 1.807) is 0 Å². The Kier molecular flexibility index (Phi) is 8.69. The maximum atomic E-state index is 2.51. The normalized spacial score (nSPS) is 11.8. The smallest absolute Gasteiger partial charge is 0.00199 e. The van der Waals surface area contributed by atoms with Gasteiger partial charge in [-0.05, 0) is 160 Å². The number of hydrogen-bond donors (Lipinski definition) is 0. The molecule has 0 spiro atoms. The zero-order chi connectivity index (χ0) is 44.7. The zero-order valence-corrected chi connectivity index (χ0v) is 37.2. The van der Waals surface area contributed by atoms with Crippen molar-refractivity contribution in [2.75, 3.05) is 0 Å². The third-order valence-corrected chi connectivity index (χ3v) is 14.6. The second-order valence-electron chi connectivity index (χ2n) is 18.2. The maximum Gasteiger partial charge on any atom is -0.00199 e. The summed E-state index contributed by atoms with van der Waals surface area (Å²) in [5.41, 5.74) is 12.5. The van der Waals surface area contributed by atoms with Gasteiger partial charge in [-0.25, -0.2) is 0 Å². The predicted octanol–water partition coefficient (Wildman–Crippen LogP) is 19.2. The van der Waals surface area contributed by atoms with Crippen LogP contribution in [0.25, 0.3) is 142 Å². The summed E-state index contributed by atoms with van der Waals surface area (Å²) >= 11 is 0. The van der Waals surface area contributed by atoms with Gasteiger partial charge in [-0.3, -0.25) is 0 Å². The van der Waals surface area contributed by atoms with E-state index < -0.39 is 0 Å². The first-order valence-electron chi connectivity index (χ1n) is 23.7. The van der Waals surface area contributed by atoms with Gasteiger partial charge in [0.2, 0.25) is 0 Å². The maximum absolute atomic E-state index is 2.51. The average Bonchev–Trinajstić information content (AvgIpc) is 3.41. The van der Waals surface area contributed by atoms with E-state index in [1.807, 2.05) is 0 Å². The van der Waals surface area contributed by atoms with Gasteiger partial charge in [-0.15, -0.1) is 0 Å². The van der Waals surface area contributed by atoms with Crippen LogP contribution in [0, 0.1) is 0 Å². The lowest BCUT2D eigenvalue weighted by atomic mass is 9.81. The van der Waals surface area contributed by atoms with Gasteiger partial charge in [0, 0.05) is 0 Å². The van der Waals surface area contributed by atoms with E-state index >= 15 is 0 Å². The molecule has 68 heavy (non-hydrogen) atoms. The third-order valence-electron chi connectivity index (χ3n) is 14.6. The van der Waals surface area contributed by atoms with E-state index in [9.17, 15) is 0 Å². The van der Waals surface area contributed by atoms with Crippen molar-refractivity contribution >= 4 is 86.2 Å². The molecule has 0 fully saturated rings. The van der Waals surface area contributed by atoms with Gasteiger partial charge in [0.05, 0.1) is 0 Å². The molecule has 0 amide bonds. The minimum Gasteiger partial charge on any atom is -0.0622 e. The molecule has 14 rings (SSSR count). The van der Waals surface area contributed by atoms with E-state index in [0.29, 0.717) is 0 Å². The summed E-state index contributed by atoms with van der Waals surface area (Å²) in [6.45, 7) is 0. The quantitative estimate of drug-likeness (QED) is 0.119. The summed E-state index contributed by atoms with van der Waals surface area (Å²) in [7, 11) is 0. The predicted molar refractivity (Wildman–Crippen MR) is 294 cm³/mol. The topological polar surface area (TPSA) is 0 Å². The Morgan fingerprint density at radius 3 is 1.00 bits per heavy atom. The van der Waals surface area contributed by atoms with E-state index in [2.05, 4.69) is 255 Å². The number of fused-ring (bicyclic) bond motifs is 10. The first kappa shape index (κ1) is 38.4. The van der Waals surface area contributed by atoms with Crippen LogP contribution in [-0.2, 0) is 0 Å². The average molecular weight is 859 g/mol. The Morgan fingerprint density at radius 2 is 0.515 bits per heavy atom. The van der Waals surface area contributed by atoms with E-state index in [0.717, 1.165) is 0 Å². The zero-order valence-electron chi connectivity index (χ0n) is 37.2. The lowest BCUT2D eigenvalue weighted by Gasteiger charge is -2.22. The SMILES string of the molecule is c1ccc(-c2c3ccccc3c(-c3cc4cc(-c5c6ccccc6c(-c6ccccc6-c6ccc7ccccc7c6)c6ccccc56)c5ccccc5c4c4ccccc34)c3ccccc23)cc1. The molecule has 0 aromatic heterocycles. The van der Waals surface area contributed by atoms with Crippen molar-refractivity contribution in [2.24, 2.45) is 0 Å². The van der Waals surface area contributed by atoms with Gasteiger partial charge < -0.3 is 0 Å². The molecule has 14 aromatic rings. The van der Waals surface area contributed by atoms with Crippen LogP contribution in [0.5, 0.6) is 0 Å². The largest absolute Gasteiger partial charge is 0.0622 e. The van der Waals surface area contributed by atoms with Gasteiger partial charge in [0.15, 0.2) is 0 Å². The molecule has 0 heteroatoms. The molecule has 0 aliphatic rings. The molecule has 14 aromatic carbocycles. The fraction of sp³-hybridized carbons (Fsp3) is 0. The highest BCUT2D eigenvalue weighted by Gasteiger charge is 2.23. The molecule has 314 valence electrons. The molecule has 0 N–H and O–H groups in total. The third kappa shape index (κ3) is 5.81. The summed E-state index contributed by atoms with van der Waals surface area (Å²) in [4.78, 5) is 0. The molecule has 0 aliphatic heterocycles. The Hall–Kier alpha value is -8.84. The van der Waals surface area contributed by atoms with Crippen LogP contribution in [-0.4, -0.2) is 0 Å². The lowest BCUT2D eigenvalue weighted by molar-refractivity contribution is 1.62. The van der Waals surface area contributed by atoms with Crippen LogP contribution in [0.2, 0.25) is 0 Å². The second kappa shape index (κ2) is 15.4. The van der Waals surface area contributed by atoms with Crippen LogP contribution in [0.1, 0.15) is 0 Å². The summed E-state index contributed by atoms with van der Waals surface area (Å²) in [6, 6.07) is 94.8. The molecule has 0 aliphatic carbocycles. The second-order valence-corrected chi connectivity index (χ2v) is 18.2. The van der Waals surface area contributed by atoms with Crippen molar-refractivity contribution in [3.8, 4) is 55.6 Å². The standard InChI is InChI=1S/C68H42/c1-2-21-44(22-3-1)64-54-30-12-14-32-56(54)67(57-33-15-13-31-55(57)64)62-41-47-42-63(50-26-8-11-29-53(50)65(47)52-28-10-7-25-49(52)62)68-60-36-18-16-34-58(60)66(59-35-17-19-37-61(59)68)51-27-9-6-24-48(51)46-39-38-43-20-4-5-23-45(43)40-46/h1-42H. The number of hydrogen-bond acceptors (Lipinski definition) is 0. The van der Waals surface area contributed by atoms with Crippen LogP contribution < -0.4 is 0 Å².